The smallest absolute Gasteiger partial charge is 0.191 e. The lowest BCUT2D eigenvalue weighted by Crippen LogP contribution is -2.51. The van der Waals surface area contributed by atoms with Gasteiger partial charge in [-0.1, -0.05) is 12.1 Å². The summed E-state index contributed by atoms with van der Waals surface area (Å²) < 4.78 is 2.30. The average Bonchev–Trinajstić information content (AvgIpc) is 3.00. The maximum absolute atomic E-state index is 4.83. The quantitative estimate of drug-likeness (QED) is 0.257. The molecule has 162 valence electrons. The van der Waals surface area contributed by atoms with Crippen molar-refractivity contribution in [3.63, 3.8) is 0 Å². The standard InChI is InChI=1S/C21H35N7.HI/c1-5-22-21(24-15-18-16-26(3)13-14-27(18)4)23-11-8-12-28-17(2)25-19-9-6-7-10-20(19)28;/h6-7,9-10,18H,5,8,11-16H2,1-4H3,(H2,22,23,24);1H. The normalized spacial score (nSPS) is 18.6. The number of para-hydroxylation sites is 2. The van der Waals surface area contributed by atoms with Gasteiger partial charge in [-0.25, -0.2) is 4.98 Å². The van der Waals surface area contributed by atoms with Crippen LogP contribution in [0.25, 0.3) is 11.0 Å². The summed E-state index contributed by atoms with van der Waals surface area (Å²) in [7, 11) is 4.39. The molecule has 0 saturated carbocycles. The van der Waals surface area contributed by atoms with Crippen molar-refractivity contribution in [2.75, 3.05) is 53.4 Å². The Morgan fingerprint density at radius 3 is 2.79 bits per heavy atom. The van der Waals surface area contributed by atoms with E-state index in [-0.39, 0.29) is 24.0 Å². The van der Waals surface area contributed by atoms with Gasteiger partial charge in [0.25, 0.3) is 0 Å². The molecule has 1 saturated heterocycles. The van der Waals surface area contributed by atoms with Crippen molar-refractivity contribution >= 4 is 41.0 Å². The molecule has 1 fully saturated rings. The molecule has 0 spiro atoms. The highest BCUT2D eigenvalue weighted by atomic mass is 127. The van der Waals surface area contributed by atoms with E-state index in [0.29, 0.717) is 6.04 Å². The second-order valence-corrected chi connectivity index (χ2v) is 7.70. The second-order valence-electron chi connectivity index (χ2n) is 7.70. The highest BCUT2D eigenvalue weighted by molar-refractivity contribution is 14.0. The number of likely N-dealkylation sites (N-methyl/N-ethyl adjacent to an activating group) is 2. The van der Waals surface area contributed by atoms with E-state index in [4.69, 9.17) is 4.99 Å². The number of fused-ring (bicyclic) bond motifs is 1. The Balaban J connectivity index is 0.00000300. The fourth-order valence-corrected chi connectivity index (χ4v) is 3.76. The number of aryl methyl sites for hydroxylation is 2. The zero-order valence-corrected chi connectivity index (χ0v) is 20.5. The minimum Gasteiger partial charge on any atom is -0.357 e. The molecule has 1 atom stereocenters. The number of hydrogen-bond acceptors (Lipinski definition) is 4. The Kier molecular flexibility index (Phi) is 9.64. The maximum atomic E-state index is 4.83. The van der Waals surface area contributed by atoms with Crippen LogP contribution in [-0.2, 0) is 6.54 Å². The third kappa shape index (κ3) is 6.55. The van der Waals surface area contributed by atoms with Gasteiger partial charge in [0, 0.05) is 45.3 Å². The van der Waals surface area contributed by atoms with Crippen LogP contribution in [0.3, 0.4) is 0 Å². The minimum atomic E-state index is 0. The third-order valence-corrected chi connectivity index (χ3v) is 5.48. The average molecular weight is 513 g/mol. The molecule has 7 nitrogen and oxygen atoms in total. The van der Waals surface area contributed by atoms with E-state index in [1.165, 1.54) is 5.52 Å². The molecule has 2 N–H and O–H groups in total. The van der Waals surface area contributed by atoms with Crippen molar-refractivity contribution in [2.45, 2.75) is 32.9 Å². The number of nitrogens with zero attached hydrogens (tertiary/aromatic N) is 5. The minimum absolute atomic E-state index is 0. The van der Waals surface area contributed by atoms with Gasteiger partial charge in [-0.15, -0.1) is 24.0 Å². The van der Waals surface area contributed by atoms with Gasteiger partial charge in [0.2, 0.25) is 0 Å². The number of guanidine groups is 1. The van der Waals surface area contributed by atoms with Gasteiger partial charge in [0.05, 0.1) is 17.6 Å². The number of aromatic nitrogens is 2. The summed E-state index contributed by atoms with van der Waals surface area (Å²) in [5.74, 6) is 1.99. The van der Waals surface area contributed by atoms with Crippen molar-refractivity contribution in [2.24, 2.45) is 4.99 Å². The number of imidazole rings is 1. The topological polar surface area (TPSA) is 60.7 Å². The van der Waals surface area contributed by atoms with E-state index in [1.807, 2.05) is 6.07 Å². The molecule has 0 bridgehead atoms. The van der Waals surface area contributed by atoms with Gasteiger partial charge >= 0.3 is 0 Å². The number of aliphatic imine (C=N–C) groups is 1. The molecule has 8 heteroatoms. The number of halogens is 1. The Bertz CT molecular complexity index is 788. The summed E-state index contributed by atoms with van der Waals surface area (Å²) in [5.41, 5.74) is 2.29. The van der Waals surface area contributed by atoms with Crippen LogP contribution in [0.15, 0.2) is 29.3 Å². The Labute approximate surface area is 192 Å². The van der Waals surface area contributed by atoms with E-state index >= 15 is 0 Å². The van der Waals surface area contributed by atoms with Gasteiger partial charge in [0.15, 0.2) is 5.96 Å². The molecule has 1 aromatic heterocycles. The van der Waals surface area contributed by atoms with E-state index in [2.05, 4.69) is 76.1 Å². The Hall–Kier alpha value is -1.39. The SMILES string of the molecule is CCNC(=NCC1CN(C)CCN1C)NCCCn1c(C)nc2ccccc21.I. The Morgan fingerprint density at radius 1 is 1.21 bits per heavy atom. The molecule has 2 aromatic rings. The van der Waals surface area contributed by atoms with Crippen LogP contribution in [0.5, 0.6) is 0 Å². The van der Waals surface area contributed by atoms with Gasteiger partial charge in [-0.2, -0.15) is 0 Å². The summed E-state index contributed by atoms with van der Waals surface area (Å²) in [4.78, 5) is 14.3. The maximum Gasteiger partial charge on any atom is 0.191 e. The zero-order valence-electron chi connectivity index (χ0n) is 18.2. The predicted molar refractivity (Wildman–Crippen MR) is 132 cm³/mol. The first-order valence-electron chi connectivity index (χ1n) is 10.4. The molecule has 0 amide bonds. The molecule has 3 rings (SSSR count). The zero-order chi connectivity index (χ0) is 19.9. The molecular formula is C21H36IN7. The summed E-state index contributed by atoms with van der Waals surface area (Å²) >= 11 is 0. The lowest BCUT2D eigenvalue weighted by atomic mass is 10.2. The van der Waals surface area contributed by atoms with Gasteiger partial charge in [0.1, 0.15) is 5.82 Å². The van der Waals surface area contributed by atoms with E-state index in [0.717, 1.165) is 69.5 Å². The van der Waals surface area contributed by atoms with Crippen LogP contribution in [0, 0.1) is 6.92 Å². The largest absolute Gasteiger partial charge is 0.357 e. The summed E-state index contributed by atoms with van der Waals surface area (Å²) in [6, 6.07) is 8.82. The lowest BCUT2D eigenvalue weighted by molar-refractivity contribution is 0.119. The molecule has 1 aliphatic heterocycles. The van der Waals surface area contributed by atoms with Crippen LogP contribution in [-0.4, -0.2) is 84.7 Å². The molecule has 0 radical (unpaired) electrons. The first-order valence-corrected chi connectivity index (χ1v) is 10.4. The number of nitrogens with one attached hydrogen (secondary N) is 2. The van der Waals surface area contributed by atoms with Crippen molar-refractivity contribution in [1.29, 1.82) is 0 Å². The highest BCUT2D eigenvalue weighted by Crippen LogP contribution is 2.15. The molecular weight excluding hydrogens is 477 g/mol. The first-order chi connectivity index (χ1) is 13.6. The van der Waals surface area contributed by atoms with Crippen LogP contribution in [0.2, 0.25) is 0 Å². The fourth-order valence-electron chi connectivity index (χ4n) is 3.76. The second kappa shape index (κ2) is 11.7. The van der Waals surface area contributed by atoms with Crippen molar-refractivity contribution in [3.05, 3.63) is 30.1 Å². The molecule has 0 aliphatic carbocycles. The molecule has 29 heavy (non-hydrogen) atoms. The summed E-state index contributed by atoms with van der Waals surface area (Å²) in [6.07, 6.45) is 1.03. The Morgan fingerprint density at radius 2 is 2.00 bits per heavy atom. The van der Waals surface area contributed by atoms with Crippen LogP contribution < -0.4 is 10.6 Å². The highest BCUT2D eigenvalue weighted by Gasteiger charge is 2.21. The molecule has 1 aliphatic rings. The van der Waals surface area contributed by atoms with Crippen molar-refractivity contribution < 1.29 is 0 Å². The molecule has 2 heterocycles. The van der Waals surface area contributed by atoms with Crippen molar-refractivity contribution in [3.8, 4) is 0 Å². The number of piperazine rings is 1. The van der Waals surface area contributed by atoms with Crippen LogP contribution >= 0.6 is 24.0 Å². The van der Waals surface area contributed by atoms with Gasteiger partial charge < -0.3 is 20.1 Å². The third-order valence-electron chi connectivity index (χ3n) is 5.48. The number of hydrogen-bond donors (Lipinski definition) is 2. The molecule has 1 unspecified atom stereocenters. The van der Waals surface area contributed by atoms with E-state index < -0.39 is 0 Å². The van der Waals surface area contributed by atoms with Crippen LogP contribution in [0.4, 0.5) is 0 Å². The van der Waals surface area contributed by atoms with Crippen LogP contribution in [0.1, 0.15) is 19.2 Å². The first kappa shape index (κ1) is 23.9. The lowest BCUT2D eigenvalue weighted by Gasteiger charge is -2.36. The monoisotopic (exact) mass is 513 g/mol. The molecule has 1 aromatic carbocycles. The summed E-state index contributed by atoms with van der Waals surface area (Å²) in [5, 5.41) is 6.86. The van der Waals surface area contributed by atoms with E-state index in [1.54, 1.807) is 0 Å². The fraction of sp³-hybridized carbons (Fsp3) is 0.619. The van der Waals surface area contributed by atoms with Gasteiger partial charge in [-0.05, 0) is 46.5 Å². The summed E-state index contributed by atoms with van der Waals surface area (Å²) in [6.45, 7) is 11.0. The predicted octanol–water partition coefficient (Wildman–Crippen LogP) is 2.15. The van der Waals surface area contributed by atoms with E-state index in [9.17, 15) is 0 Å². The van der Waals surface area contributed by atoms with Gasteiger partial charge in [-0.3, -0.25) is 9.89 Å². The number of benzene rings is 1. The number of rotatable bonds is 7. The van der Waals surface area contributed by atoms with Crippen molar-refractivity contribution in [1.82, 2.24) is 30.0 Å².